The van der Waals surface area contributed by atoms with E-state index >= 15 is 0 Å². The molecule has 2 amide bonds. The second kappa shape index (κ2) is 10.5. The topological polar surface area (TPSA) is 93.7 Å². The lowest BCUT2D eigenvalue weighted by molar-refractivity contribution is -0.142. The van der Waals surface area contributed by atoms with Crippen molar-refractivity contribution in [3.63, 3.8) is 0 Å². The quantitative estimate of drug-likeness (QED) is 0.540. The third-order valence-electron chi connectivity index (χ3n) is 3.45. The van der Waals surface area contributed by atoms with Crippen LogP contribution in [0.15, 0.2) is 54.6 Å². The molecular weight excluding hydrogens is 360 g/mol. The van der Waals surface area contributed by atoms with Crippen LogP contribution >= 0.6 is 0 Å². The number of rotatable bonds is 8. The molecular formula is C21H22N2O5. The van der Waals surface area contributed by atoms with Crippen LogP contribution < -0.4 is 15.4 Å². The maximum atomic E-state index is 11.9. The van der Waals surface area contributed by atoms with E-state index in [1.807, 2.05) is 25.1 Å². The van der Waals surface area contributed by atoms with Crippen LogP contribution in [-0.4, -0.2) is 31.0 Å². The Balaban J connectivity index is 1.82. The van der Waals surface area contributed by atoms with Gasteiger partial charge in [0.25, 0.3) is 5.91 Å². The summed E-state index contributed by atoms with van der Waals surface area (Å²) in [5.41, 5.74) is 1.88. The van der Waals surface area contributed by atoms with E-state index in [1.54, 1.807) is 36.4 Å². The lowest BCUT2D eigenvalue weighted by atomic mass is 10.2. The number of hydrogen-bond donors (Lipinski definition) is 2. The van der Waals surface area contributed by atoms with Gasteiger partial charge in [-0.2, -0.15) is 0 Å². The van der Waals surface area contributed by atoms with Crippen LogP contribution in [-0.2, 0) is 19.1 Å². The Hall–Kier alpha value is -3.61. The molecule has 2 aromatic carbocycles. The van der Waals surface area contributed by atoms with Gasteiger partial charge in [-0.1, -0.05) is 18.2 Å². The van der Waals surface area contributed by atoms with Gasteiger partial charge < -0.3 is 20.1 Å². The van der Waals surface area contributed by atoms with E-state index in [1.165, 1.54) is 13.0 Å². The van der Waals surface area contributed by atoms with Gasteiger partial charge in [0.2, 0.25) is 5.91 Å². The smallest absolute Gasteiger partial charge is 0.331 e. The van der Waals surface area contributed by atoms with Crippen molar-refractivity contribution >= 4 is 35.2 Å². The first-order valence-electron chi connectivity index (χ1n) is 8.72. The summed E-state index contributed by atoms with van der Waals surface area (Å²) >= 11 is 0. The van der Waals surface area contributed by atoms with Gasteiger partial charge in [-0.05, 0) is 43.3 Å². The predicted octanol–water partition coefficient (Wildman–Crippen LogP) is 3.24. The SMILES string of the molecule is CCOc1ccccc1/C=C/C(=O)OCC(=O)Nc1ccc(NC(C)=O)cc1. The van der Waals surface area contributed by atoms with E-state index in [4.69, 9.17) is 9.47 Å². The number of amides is 2. The number of anilines is 2. The van der Waals surface area contributed by atoms with Crippen LogP contribution in [0.4, 0.5) is 11.4 Å². The van der Waals surface area contributed by atoms with Gasteiger partial charge in [0.1, 0.15) is 5.75 Å². The predicted molar refractivity (Wildman–Crippen MR) is 107 cm³/mol. The molecule has 0 bridgehead atoms. The highest BCUT2D eigenvalue weighted by Crippen LogP contribution is 2.19. The molecule has 0 saturated heterocycles. The summed E-state index contributed by atoms with van der Waals surface area (Å²) in [5.74, 6) is -0.624. The highest BCUT2D eigenvalue weighted by molar-refractivity contribution is 5.95. The molecule has 0 spiro atoms. The molecule has 7 nitrogen and oxygen atoms in total. The molecule has 2 N–H and O–H groups in total. The largest absolute Gasteiger partial charge is 0.493 e. The minimum Gasteiger partial charge on any atom is -0.493 e. The van der Waals surface area contributed by atoms with Crippen LogP contribution in [0, 0.1) is 0 Å². The lowest BCUT2D eigenvalue weighted by Gasteiger charge is -2.07. The van der Waals surface area contributed by atoms with Gasteiger partial charge in [0.15, 0.2) is 6.61 Å². The molecule has 0 aliphatic heterocycles. The number of para-hydroxylation sites is 1. The molecule has 0 fully saturated rings. The molecule has 0 radical (unpaired) electrons. The first-order valence-corrected chi connectivity index (χ1v) is 8.72. The first kappa shape index (κ1) is 20.7. The Kier molecular flexibility index (Phi) is 7.77. The number of esters is 1. The van der Waals surface area contributed by atoms with Crippen LogP contribution in [0.1, 0.15) is 19.4 Å². The van der Waals surface area contributed by atoms with E-state index in [0.29, 0.717) is 23.7 Å². The van der Waals surface area contributed by atoms with Crippen molar-refractivity contribution in [2.24, 2.45) is 0 Å². The molecule has 0 atom stereocenters. The van der Waals surface area contributed by atoms with E-state index in [9.17, 15) is 14.4 Å². The highest BCUT2D eigenvalue weighted by atomic mass is 16.5. The van der Waals surface area contributed by atoms with Gasteiger partial charge in [-0.3, -0.25) is 9.59 Å². The molecule has 0 saturated carbocycles. The zero-order valence-corrected chi connectivity index (χ0v) is 15.7. The molecule has 0 aromatic heterocycles. The van der Waals surface area contributed by atoms with Crippen molar-refractivity contribution in [3.05, 3.63) is 60.2 Å². The minimum absolute atomic E-state index is 0.180. The van der Waals surface area contributed by atoms with E-state index < -0.39 is 18.5 Å². The van der Waals surface area contributed by atoms with E-state index in [0.717, 1.165) is 5.56 Å². The highest BCUT2D eigenvalue weighted by Gasteiger charge is 2.07. The molecule has 0 aliphatic rings. The number of benzene rings is 2. The lowest BCUT2D eigenvalue weighted by Crippen LogP contribution is -2.20. The molecule has 0 unspecified atom stereocenters. The summed E-state index contributed by atoms with van der Waals surface area (Å²) in [5, 5.41) is 5.23. The van der Waals surface area contributed by atoms with Crippen molar-refractivity contribution in [2.75, 3.05) is 23.8 Å². The van der Waals surface area contributed by atoms with Gasteiger partial charge in [0, 0.05) is 29.9 Å². The molecule has 7 heteroatoms. The van der Waals surface area contributed by atoms with Crippen molar-refractivity contribution in [3.8, 4) is 5.75 Å². The standard InChI is InChI=1S/C21H22N2O5/c1-3-27-19-7-5-4-6-16(19)8-13-21(26)28-14-20(25)23-18-11-9-17(10-12-18)22-15(2)24/h4-13H,3,14H2,1-2H3,(H,22,24)(H,23,25)/b13-8+. The van der Waals surface area contributed by atoms with Crippen molar-refractivity contribution in [1.29, 1.82) is 0 Å². The number of ether oxygens (including phenoxy) is 2. The van der Waals surface area contributed by atoms with Crippen molar-refractivity contribution in [1.82, 2.24) is 0 Å². The average molecular weight is 382 g/mol. The molecule has 0 aliphatic carbocycles. The van der Waals surface area contributed by atoms with Gasteiger partial charge in [-0.15, -0.1) is 0 Å². The Bertz CT molecular complexity index is 859. The third kappa shape index (κ3) is 6.95. The Morgan fingerprint density at radius 1 is 0.964 bits per heavy atom. The molecule has 28 heavy (non-hydrogen) atoms. The maximum absolute atomic E-state index is 11.9. The fourth-order valence-electron chi connectivity index (χ4n) is 2.29. The number of carbonyl (C=O) groups excluding carboxylic acids is 3. The first-order chi connectivity index (χ1) is 13.5. The molecule has 2 rings (SSSR count). The second-order valence-corrected chi connectivity index (χ2v) is 5.72. The summed E-state index contributed by atoms with van der Waals surface area (Å²) in [6.07, 6.45) is 2.82. The normalized spacial score (nSPS) is 10.4. The van der Waals surface area contributed by atoms with Crippen molar-refractivity contribution in [2.45, 2.75) is 13.8 Å². The van der Waals surface area contributed by atoms with Crippen LogP contribution in [0.2, 0.25) is 0 Å². The number of hydrogen-bond acceptors (Lipinski definition) is 5. The fraction of sp³-hybridized carbons (Fsp3) is 0.190. The summed E-state index contributed by atoms with van der Waals surface area (Å²) in [7, 11) is 0. The zero-order chi connectivity index (χ0) is 20.4. The third-order valence-corrected chi connectivity index (χ3v) is 3.45. The van der Waals surface area contributed by atoms with Crippen LogP contribution in [0.5, 0.6) is 5.75 Å². The Labute approximate surface area is 163 Å². The molecule has 146 valence electrons. The van der Waals surface area contributed by atoms with Crippen LogP contribution in [0.3, 0.4) is 0 Å². The van der Waals surface area contributed by atoms with Crippen LogP contribution in [0.25, 0.3) is 6.08 Å². The maximum Gasteiger partial charge on any atom is 0.331 e. The summed E-state index contributed by atoms with van der Waals surface area (Å²) in [6, 6.07) is 13.9. The van der Waals surface area contributed by atoms with Crippen molar-refractivity contribution < 1.29 is 23.9 Å². The van der Waals surface area contributed by atoms with Gasteiger partial charge >= 0.3 is 5.97 Å². The Morgan fingerprint density at radius 2 is 1.61 bits per heavy atom. The zero-order valence-electron chi connectivity index (χ0n) is 15.7. The van der Waals surface area contributed by atoms with E-state index in [2.05, 4.69) is 10.6 Å². The summed E-state index contributed by atoms with van der Waals surface area (Å²) < 4.78 is 10.4. The average Bonchev–Trinajstić information content (AvgIpc) is 2.67. The number of nitrogens with one attached hydrogen (secondary N) is 2. The number of carbonyl (C=O) groups is 3. The van der Waals surface area contributed by atoms with E-state index in [-0.39, 0.29) is 5.91 Å². The molecule has 2 aromatic rings. The molecule has 0 heterocycles. The van der Waals surface area contributed by atoms with Gasteiger partial charge in [-0.25, -0.2) is 4.79 Å². The second-order valence-electron chi connectivity index (χ2n) is 5.72. The Morgan fingerprint density at radius 3 is 2.25 bits per heavy atom. The fourth-order valence-corrected chi connectivity index (χ4v) is 2.29. The summed E-state index contributed by atoms with van der Waals surface area (Å²) in [4.78, 5) is 34.7. The van der Waals surface area contributed by atoms with Gasteiger partial charge in [0.05, 0.1) is 6.61 Å². The summed E-state index contributed by atoms with van der Waals surface area (Å²) in [6.45, 7) is 3.39. The minimum atomic E-state index is -0.637. The monoisotopic (exact) mass is 382 g/mol.